The van der Waals surface area contributed by atoms with Gasteiger partial charge in [0.15, 0.2) is 5.82 Å². The zero-order valence-electron chi connectivity index (χ0n) is 19.4. The number of hydrogen-bond donors (Lipinski definition) is 0. The van der Waals surface area contributed by atoms with Crippen molar-refractivity contribution >= 4 is 11.6 Å². The lowest BCUT2D eigenvalue weighted by atomic mass is 9.87. The van der Waals surface area contributed by atoms with E-state index in [-0.39, 0.29) is 40.9 Å². The van der Waals surface area contributed by atoms with Gasteiger partial charge in [-0.15, -0.1) is 0 Å². The zero-order valence-corrected chi connectivity index (χ0v) is 20.1. The quantitative estimate of drug-likeness (QED) is 0.218. The summed E-state index contributed by atoms with van der Waals surface area (Å²) in [5.74, 6) is -1.14. The third kappa shape index (κ3) is 5.53. The van der Waals surface area contributed by atoms with E-state index < -0.39 is 11.6 Å². The molecule has 0 atom stereocenters. The molecule has 2 aliphatic heterocycles. The number of rotatable bonds is 10. The Morgan fingerprint density at radius 2 is 1.46 bits per heavy atom. The minimum Gasteiger partial charge on any atom is -0.858 e. The van der Waals surface area contributed by atoms with Gasteiger partial charge < -0.3 is 9.67 Å². The number of aromatic nitrogens is 4. The highest BCUT2D eigenvalue weighted by molar-refractivity contribution is 6.28. The molecular formula is C26H26ClF2N4O2-. The molecule has 0 unspecified atom stereocenters. The van der Waals surface area contributed by atoms with Crippen LogP contribution >= 0.6 is 11.6 Å². The molecule has 0 saturated carbocycles. The van der Waals surface area contributed by atoms with Crippen LogP contribution in [0.5, 0.6) is 5.88 Å². The number of halogens is 3. The van der Waals surface area contributed by atoms with Crippen LogP contribution in [0.4, 0.5) is 8.78 Å². The second-order valence-corrected chi connectivity index (χ2v) is 8.90. The molecule has 9 heteroatoms. The molecule has 0 bridgehead atoms. The first-order chi connectivity index (χ1) is 16.9. The second kappa shape index (κ2) is 11.0. The first-order valence-corrected chi connectivity index (χ1v) is 12.1. The largest absolute Gasteiger partial charge is 0.858 e. The Labute approximate surface area is 207 Å². The van der Waals surface area contributed by atoms with E-state index in [2.05, 4.69) is 16.9 Å². The summed E-state index contributed by atoms with van der Waals surface area (Å²) in [7, 11) is 0. The molecule has 2 aromatic rings. The van der Waals surface area contributed by atoms with Crippen LogP contribution in [0.1, 0.15) is 56.1 Å². The first kappa shape index (κ1) is 24.9. The zero-order chi connectivity index (χ0) is 24.9. The van der Waals surface area contributed by atoms with Crippen molar-refractivity contribution in [3.05, 3.63) is 87.1 Å². The van der Waals surface area contributed by atoms with Gasteiger partial charge in [0.05, 0.1) is 0 Å². The summed E-state index contributed by atoms with van der Waals surface area (Å²) in [6.07, 6.45) is 3.73. The molecule has 0 spiro atoms. The van der Waals surface area contributed by atoms with Gasteiger partial charge in [-0.05, 0) is 72.1 Å². The number of fused-ring (bicyclic) bond motifs is 1. The predicted molar refractivity (Wildman–Crippen MR) is 129 cm³/mol. The molecule has 2 aliphatic rings. The van der Waals surface area contributed by atoms with Crippen molar-refractivity contribution in [3.8, 4) is 17.4 Å². The van der Waals surface area contributed by atoms with Crippen molar-refractivity contribution in [1.29, 1.82) is 0 Å². The van der Waals surface area contributed by atoms with E-state index >= 15 is 0 Å². The molecule has 0 radical (unpaired) electrons. The van der Waals surface area contributed by atoms with Crippen LogP contribution in [0.3, 0.4) is 0 Å². The molecule has 0 aliphatic carbocycles. The molecule has 35 heavy (non-hydrogen) atoms. The number of imidazole rings is 1. The molecule has 6 nitrogen and oxygen atoms in total. The van der Waals surface area contributed by atoms with E-state index in [0.717, 1.165) is 30.4 Å². The Balaban J connectivity index is 1.61. The SMILES string of the molecule is CCCCCn1c2nc(Cl)nc-2c([O-])n(CCCC(c2ccc(F)cc2)c2ccc(F)cc2)c1=O. The average Bonchev–Trinajstić information content (AvgIpc) is 3.24. The van der Waals surface area contributed by atoms with Gasteiger partial charge in [0.2, 0.25) is 5.28 Å². The van der Waals surface area contributed by atoms with E-state index in [1.165, 1.54) is 33.4 Å². The van der Waals surface area contributed by atoms with Gasteiger partial charge in [0.1, 0.15) is 17.3 Å². The molecule has 0 fully saturated rings. The van der Waals surface area contributed by atoms with Gasteiger partial charge in [-0.2, -0.15) is 4.98 Å². The van der Waals surface area contributed by atoms with Crippen LogP contribution in [-0.2, 0) is 13.1 Å². The number of benzene rings is 2. The van der Waals surface area contributed by atoms with Crippen molar-refractivity contribution in [1.82, 2.24) is 19.1 Å². The standard InChI is InChI=1S/C26H27ClF2N4O2/c1-2-3-4-15-32-23-22(30-25(27)31-23)24(34)33(26(32)35)16-5-6-21(17-7-11-19(28)12-8-17)18-9-13-20(29)14-10-18/h7-14,21,34H,2-6,15-16H2,1H3/p-1. The Morgan fingerprint density at radius 3 is 2.03 bits per heavy atom. The van der Waals surface area contributed by atoms with Crippen molar-refractivity contribution in [2.45, 2.75) is 58.0 Å². The third-order valence-electron chi connectivity index (χ3n) is 6.18. The first-order valence-electron chi connectivity index (χ1n) is 11.7. The van der Waals surface area contributed by atoms with Crippen molar-refractivity contribution in [2.24, 2.45) is 0 Å². The molecular weight excluding hydrogens is 474 g/mol. The second-order valence-electron chi connectivity index (χ2n) is 8.56. The van der Waals surface area contributed by atoms with E-state index in [9.17, 15) is 18.7 Å². The monoisotopic (exact) mass is 499 g/mol. The topological polar surface area (TPSA) is 75.8 Å². The molecule has 4 rings (SSSR count). The minimum absolute atomic E-state index is 0.0637. The fourth-order valence-corrected chi connectivity index (χ4v) is 4.54. The molecule has 0 saturated heterocycles. The minimum atomic E-state index is -0.517. The molecule has 2 aromatic carbocycles. The van der Waals surface area contributed by atoms with Crippen LogP contribution < -0.4 is 10.8 Å². The van der Waals surface area contributed by atoms with Gasteiger partial charge in [-0.1, -0.05) is 44.0 Å². The van der Waals surface area contributed by atoms with E-state index in [1.807, 2.05) is 0 Å². The lowest BCUT2D eigenvalue weighted by Crippen LogP contribution is -2.35. The lowest BCUT2D eigenvalue weighted by molar-refractivity contribution is -0.279. The van der Waals surface area contributed by atoms with Crippen molar-refractivity contribution in [2.75, 3.05) is 0 Å². The van der Waals surface area contributed by atoms with Gasteiger partial charge in [0, 0.05) is 19.0 Å². The van der Waals surface area contributed by atoms with Gasteiger partial charge in [-0.25, -0.2) is 18.6 Å². The van der Waals surface area contributed by atoms with Crippen molar-refractivity contribution < 1.29 is 13.9 Å². The highest BCUT2D eigenvalue weighted by Crippen LogP contribution is 2.31. The molecule has 0 N–H and O–H groups in total. The summed E-state index contributed by atoms with van der Waals surface area (Å²) in [5.41, 5.74) is 1.38. The fraction of sp³-hybridized carbons (Fsp3) is 0.346. The maximum Gasteiger partial charge on any atom is 0.329 e. The molecule has 2 heterocycles. The molecule has 0 amide bonds. The van der Waals surface area contributed by atoms with Crippen LogP contribution in [0, 0.1) is 11.6 Å². The Kier molecular flexibility index (Phi) is 7.80. The van der Waals surface area contributed by atoms with Crippen LogP contribution in [0.15, 0.2) is 53.3 Å². The summed E-state index contributed by atoms with van der Waals surface area (Å²) < 4.78 is 29.7. The molecule has 0 aromatic heterocycles. The maximum atomic E-state index is 13.5. The predicted octanol–water partition coefficient (Wildman–Crippen LogP) is 5.35. The van der Waals surface area contributed by atoms with Gasteiger partial charge >= 0.3 is 5.69 Å². The third-order valence-corrected chi connectivity index (χ3v) is 6.35. The van der Waals surface area contributed by atoms with E-state index in [0.29, 0.717) is 19.4 Å². The molecule has 184 valence electrons. The lowest BCUT2D eigenvalue weighted by Gasteiger charge is -2.24. The van der Waals surface area contributed by atoms with Crippen LogP contribution in [-0.4, -0.2) is 19.1 Å². The fourth-order valence-electron chi connectivity index (χ4n) is 4.38. The normalized spacial score (nSPS) is 11.6. The van der Waals surface area contributed by atoms with E-state index in [4.69, 9.17) is 11.6 Å². The number of hydrogen-bond acceptors (Lipinski definition) is 4. The Hall–Kier alpha value is -3.26. The van der Waals surface area contributed by atoms with E-state index in [1.54, 1.807) is 24.3 Å². The Bertz CT molecular complexity index is 1260. The summed E-state index contributed by atoms with van der Waals surface area (Å²) in [5, 5.41) is 13.0. The Morgan fingerprint density at radius 1 is 0.886 bits per heavy atom. The summed E-state index contributed by atoms with van der Waals surface area (Å²) >= 11 is 5.96. The maximum absolute atomic E-state index is 13.5. The van der Waals surface area contributed by atoms with Gasteiger partial charge in [0.25, 0.3) is 0 Å². The van der Waals surface area contributed by atoms with Crippen LogP contribution in [0.2, 0.25) is 5.28 Å². The van der Waals surface area contributed by atoms with Crippen molar-refractivity contribution in [3.63, 3.8) is 0 Å². The van der Waals surface area contributed by atoms with Gasteiger partial charge in [-0.3, -0.25) is 4.57 Å². The average molecular weight is 500 g/mol. The number of nitrogens with zero attached hydrogens (tertiary/aromatic N) is 4. The number of unbranched alkanes of at least 4 members (excludes halogenated alkanes) is 2. The smallest absolute Gasteiger partial charge is 0.329 e. The summed E-state index contributed by atoms with van der Waals surface area (Å²) in [6.45, 7) is 2.66. The summed E-state index contributed by atoms with van der Waals surface area (Å²) in [4.78, 5) is 21.4. The highest BCUT2D eigenvalue weighted by atomic mass is 35.5. The highest BCUT2D eigenvalue weighted by Gasteiger charge is 2.21. The van der Waals surface area contributed by atoms with Crippen LogP contribution in [0.25, 0.3) is 11.5 Å². The summed E-state index contributed by atoms with van der Waals surface area (Å²) in [6, 6.07) is 12.3.